The van der Waals surface area contributed by atoms with Crippen LogP contribution in [0.2, 0.25) is 0 Å². The second-order valence-corrected chi connectivity index (χ2v) is 10.2. The van der Waals surface area contributed by atoms with Crippen LogP contribution in [0.15, 0.2) is 42.6 Å². The molecular weight excluding hydrogens is 408 g/mol. The maximum absolute atomic E-state index is 13.8. The zero-order valence-corrected chi connectivity index (χ0v) is 18.6. The van der Waals surface area contributed by atoms with Crippen LogP contribution in [0.4, 0.5) is 8.78 Å². The Morgan fingerprint density at radius 3 is 2.50 bits per heavy atom. The van der Waals surface area contributed by atoms with E-state index in [1.165, 1.54) is 27.6 Å². The lowest BCUT2D eigenvalue weighted by molar-refractivity contribution is -0.178. The molecule has 0 radical (unpaired) electrons. The molecular formula is C27H29F2NO2. The van der Waals surface area contributed by atoms with Crippen LogP contribution >= 0.6 is 0 Å². The number of rotatable bonds is 4. The first-order valence-corrected chi connectivity index (χ1v) is 11.4. The monoisotopic (exact) mass is 437 g/mol. The number of carboxylic acid groups (broad SMARTS) is 1. The molecule has 0 amide bonds. The number of aryl methyl sites for hydroxylation is 2. The van der Waals surface area contributed by atoms with Crippen molar-refractivity contribution in [2.75, 3.05) is 0 Å². The van der Waals surface area contributed by atoms with Crippen molar-refractivity contribution in [1.82, 2.24) is 4.98 Å². The van der Waals surface area contributed by atoms with Gasteiger partial charge in [0.25, 0.3) is 0 Å². The van der Waals surface area contributed by atoms with Gasteiger partial charge in [-0.3, -0.25) is 0 Å². The minimum atomic E-state index is -2.53. The van der Waals surface area contributed by atoms with Gasteiger partial charge in [0.15, 0.2) is 0 Å². The van der Waals surface area contributed by atoms with Gasteiger partial charge in [-0.05, 0) is 97.2 Å². The Hall–Kier alpha value is -2.69. The molecule has 1 spiro atoms. The van der Waals surface area contributed by atoms with Crippen molar-refractivity contribution >= 4 is 16.9 Å². The average molecular weight is 438 g/mol. The number of carbonyl (C=O) groups is 1. The highest BCUT2D eigenvalue weighted by atomic mass is 19.3. The Bertz CT molecular complexity index is 1170. The summed E-state index contributed by atoms with van der Waals surface area (Å²) in [5.41, 5.74) is 6.05. The number of carboxylic acids is 1. The molecule has 0 aliphatic heterocycles. The predicted molar refractivity (Wildman–Crippen MR) is 122 cm³/mol. The number of aromatic nitrogens is 1. The SMILES string of the molecule is Cc1cc(C)c2[nH]ccc2c1C[C@@H]1CCC2(C[C@H]1c1ccc(C(=O)O)cc1)CC(F)(F)C2. The van der Waals surface area contributed by atoms with Crippen molar-refractivity contribution in [3.8, 4) is 0 Å². The van der Waals surface area contributed by atoms with Gasteiger partial charge in [-0.25, -0.2) is 13.6 Å². The quantitative estimate of drug-likeness (QED) is 0.461. The van der Waals surface area contributed by atoms with Crippen molar-refractivity contribution < 1.29 is 18.7 Å². The second-order valence-electron chi connectivity index (χ2n) is 10.2. The minimum Gasteiger partial charge on any atom is -0.478 e. The van der Waals surface area contributed by atoms with E-state index in [-0.39, 0.29) is 29.7 Å². The number of hydrogen-bond acceptors (Lipinski definition) is 1. The molecule has 2 aliphatic carbocycles. The molecule has 1 heterocycles. The zero-order valence-electron chi connectivity index (χ0n) is 18.6. The number of alkyl halides is 2. The third kappa shape index (κ3) is 3.62. The minimum absolute atomic E-state index is 0.0119. The number of aromatic carboxylic acids is 1. The zero-order chi connectivity index (χ0) is 22.7. The Morgan fingerprint density at radius 1 is 1.12 bits per heavy atom. The number of halogens is 2. The number of fused-ring (bicyclic) bond motifs is 1. The maximum Gasteiger partial charge on any atom is 0.335 e. The largest absolute Gasteiger partial charge is 0.478 e. The van der Waals surface area contributed by atoms with Gasteiger partial charge in [0, 0.05) is 29.9 Å². The van der Waals surface area contributed by atoms with Gasteiger partial charge in [0.05, 0.1) is 5.56 Å². The molecule has 3 nitrogen and oxygen atoms in total. The van der Waals surface area contributed by atoms with Crippen molar-refractivity contribution in [1.29, 1.82) is 0 Å². The fourth-order valence-electron chi connectivity index (χ4n) is 6.48. The van der Waals surface area contributed by atoms with Gasteiger partial charge < -0.3 is 10.1 Å². The summed E-state index contributed by atoms with van der Waals surface area (Å²) in [6, 6.07) is 11.4. The molecule has 0 saturated heterocycles. The number of H-pyrrole nitrogens is 1. The third-order valence-corrected chi connectivity index (χ3v) is 7.96. The van der Waals surface area contributed by atoms with E-state index in [0.717, 1.165) is 31.2 Å². The summed E-state index contributed by atoms with van der Waals surface area (Å²) in [5.74, 6) is -2.99. The highest BCUT2D eigenvalue weighted by molar-refractivity contribution is 5.88. The highest BCUT2D eigenvalue weighted by Gasteiger charge is 2.58. The normalized spacial score (nSPS) is 23.9. The summed E-state index contributed by atoms with van der Waals surface area (Å²) < 4.78 is 27.7. The Kier molecular flexibility index (Phi) is 4.92. The Labute approximate surface area is 186 Å². The number of hydrogen-bond donors (Lipinski definition) is 2. The number of aromatic amines is 1. The molecule has 1 aromatic heterocycles. The molecule has 0 bridgehead atoms. The van der Waals surface area contributed by atoms with Crippen LogP contribution in [-0.2, 0) is 6.42 Å². The van der Waals surface area contributed by atoms with E-state index in [0.29, 0.717) is 5.92 Å². The van der Waals surface area contributed by atoms with Gasteiger partial charge in [-0.15, -0.1) is 0 Å². The molecule has 2 saturated carbocycles. The topological polar surface area (TPSA) is 53.1 Å². The first-order valence-electron chi connectivity index (χ1n) is 11.4. The summed E-state index contributed by atoms with van der Waals surface area (Å²) in [4.78, 5) is 14.7. The summed E-state index contributed by atoms with van der Waals surface area (Å²) in [6.45, 7) is 4.27. The van der Waals surface area contributed by atoms with E-state index in [1.807, 2.05) is 18.3 Å². The molecule has 2 aliphatic rings. The van der Waals surface area contributed by atoms with Gasteiger partial charge >= 0.3 is 5.97 Å². The second kappa shape index (κ2) is 7.43. The standard InChI is InChI=1S/C27H29F2NO2/c1-16-11-17(2)24-21(8-10-30-24)22(16)12-20-7-9-26(14-27(28,29)15-26)13-23(20)18-3-5-19(6-4-18)25(31)32/h3-6,8,10-11,20,23,30H,7,9,12-15H2,1-2H3,(H,31,32)/t20-,23-/m0/s1. The fraction of sp³-hybridized carbons (Fsp3) is 0.444. The molecule has 0 unspecified atom stereocenters. The smallest absolute Gasteiger partial charge is 0.335 e. The average Bonchev–Trinajstić information content (AvgIpc) is 3.21. The number of nitrogens with one attached hydrogen (secondary N) is 1. The highest BCUT2D eigenvalue weighted by Crippen LogP contribution is 2.62. The van der Waals surface area contributed by atoms with Crippen LogP contribution in [0, 0.1) is 25.2 Å². The summed E-state index contributed by atoms with van der Waals surface area (Å²) in [5, 5.41) is 10.5. The van der Waals surface area contributed by atoms with E-state index in [4.69, 9.17) is 0 Å². The lowest BCUT2D eigenvalue weighted by Crippen LogP contribution is -2.49. The van der Waals surface area contributed by atoms with Gasteiger partial charge in [0.2, 0.25) is 5.92 Å². The van der Waals surface area contributed by atoms with E-state index in [1.54, 1.807) is 12.1 Å². The summed E-state index contributed by atoms with van der Waals surface area (Å²) >= 11 is 0. The van der Waals surface area contributed by atoms with Crippen LogP contribution < -0.4 is 0 Å². The predicted octanol–water partition coefficient (Wildman–Crippen LogP) is 7.02. The Morgan fingerprint density at radius 2 is 1.84 bits per heavy atom. The van der Waals surface area contributed by atoms with E-state index < -0.39 is 11.9 Å². The molecule has 2 N–H and O–H groups in total. The van der Waals surface area contributed by atoms with Crippen molar-refractivity contribution in [3.63, 3.8) is 0 Å². The lowest BCUT2D eigenvalue weighted by atomic mass is 9.53. The van der Waals surface area contributed by atoms with Crippen molar-refractivity contribution in [2.45, 2.75) is 64.2 Å². The van der Waals surface area contributed by atoms with Crippen LogP contribution in [0.25, 0.3) is 10.9 Å². The van der Waals surface area contributed by atoms with E-state index in [9.17, 15) is 18.7 Å². The third-order valence-electron chi connectivity index (χ3n) is 7.96. The van der Waals surface area contributed by atoms with Crippen LogP contribution in [0.3, 0.4) is 0 Å². The van der Waals surface area contributed by atoms with E-state index >= 15 is 0 Å². The van der Waals surface area contributed by atoms with Gasteiger partial charge in [0.1, 0.15) is 0 Å². The van der Waals surface area contributed by atoms with Crippen molar-refractivity contribution in [2.24, 2.45) is 11.3 Å². The van der Waals surface area contributed by atoms with Crippen LogP contribution in [0.1, 0.15) is 70.6 Å². The number of benzene rings is 2. The first kappa shape index (κ1) is 21.2. The molecule has 2 fully saturated rings. The molecule has 5 rings (SSSR count). The summed E-state index contributed by atoms with van der Waals surface area (Å²) in [6.07, 6.45) is 5.37. The van der Waals surface area contributed by atoms with E-state index in [2.05, 4.69) is 31.0 Å². The van der Waals surface area contributed by atoms with Crippen molar-refractivity contribution in [3.05, 3.63) is 70.4 Å². The molecule has 32 heavy (non-hydrogen) atoms. The van der Waals surface area contributed by atoms with Gasteiger partial charge in [-0.2, -0.15) is 0 Å². The van der Waals surface area contributed by atoms with Crippen LogP contribution in [-0.4, -0.2) is 22.0 Å². The molecule has 2 aromatic carbocycles. The molecule has 168 valence electrons. The summed E-state index contributed by atoms with van der Waals surface area (Å²) in [7, 11) is 0. The lowest BCUT2D eigenvalue weighted by Gasteiger charge is -2.54. The first-order chi connectivity index (χ1) is 15.2. The van der Waals surface area contributed by atoms with Gasteiger partial charge in [-0.1, -0.05) is 18.2 Å². The molecule has 3 aromatic rings. The molecule has 5 heteroatoms. The van der Waals surface area contributed by atoms with Crippen LogP contribution in [0.5, 0.6) is 0 Å². The Balaban J connectivity index is 1.49. The fourth-order valence-corrected chi connectivity index (χ4v) is 6.48. The molecule has 2 atom stereocenters. The maximum atomic E-state index is 13.8.